The van der Waals surface area contributed by atoms with Crippen LogP contribution in [0.15, 0.2) is 12.4 Å². The largest absolute Gasteiger partial charge is 0.374 e. The van der Waals surface area contributed by atoms with Crippen molar-refractivity contribution in [2.24, 2.45) is 5.92 Å². The fraction of sp³-hybridized carbons (Fsp3) is 0.667. The smallest absolute Gasteiger partial charge is 0.271 e. The monoisotopic (exact) mass is 292 g/mol. The molecule has 0 spiro atoms. The lowest BCUT2D eigenvalue weighted by molar-refractivity contribution is -0.0295. The maximum atomic E-state index is 12.0. The van der Waals surface area contributed by atoms with Crippen LogP contribution in [0.25, 0.3) is 0 Å². The van der Waals surface area contributed by atoms with Crippen LogP contribution in [-0.4, -0.2) is 59.7 Å². The molecule has 1 saturated heterocycles. The van der Waals surface area contributed by atoms with Crippen LogP contribution in [0.3, 0.4) is 0 Å². The van der Waals surface area contributed by atoms with E-state index in [1.165, 1.54) is 6.20 Å². The summed E-state index contributed by atoms with van der Waals surface area (Å²) in [6.45, 7) is 10.4. The number of nitrogens with one attached hydrogen (secondary N) is 1. The molecule has 2 heterocycles. The van der Waals surface area contributed by atoms with E-state index in [2.05, 4.69) is 34.0 Å². The highest BCUT2D eigenvalue weighted by Crippen LogP contribution is 2.07. The third-order valence-electron chi connectivity index (χ3n) is 3.35. The van der Waals surface area contributed by atoms with Gasteiger partial charge in [-0.05, 0) is 12.8 Å². The Hall–Kier alpha value is -1.53. The van der Waals surface area contributed by atoms with Crippen molar-refractivity contribution in [2.45, 2.75) is 26.9 Å². The van der Waals surface area contributed by atoms with E-state index in [-0.39, 0.29) is 12.0 Å². The van der Waals surface area contributed by atoms with Gasteiger partial charge in [0.05, 0.1) is 24.6 Å². The van der Waals surface area contributed by atoms with Crippen molar-refractivity contribution in [3.05, 3.63) is 23.8 Å². The highest BCUT2D eigenvalue weighted by Gasteiger charge is 2.21. The molecule has 1 unspecified atom stereocenters. The number of aryl methyl sites for hydroxylation is 1. The molecule has 0 saturated carbocycles. The topological polar surface area (TPSA) is 67.4 Å². The molecule has 1 aromatic rings. The SMILES string of the molecule is Cc1cnc(C(=O)NCC2CN(CC(C)C)CCO2)cn1. The molecule has 1 N–H and O–H groups in total. The average molecular weight is 292 g/mol. The van der Waals surface area contributed by atoms with Crippen LogP contribution in [0, 0.1) is 12.8 Å². The number of aromatic nitrogens is 2. The minimum Gasteiger partial charge on any atom is -0.374 e. The molecule has 0 radical (unpaired) electrons. The van der Waals surface area contributed by atoms with Crippen LogP contribution in [0.5, 0.6) is 0 Å². The highest BCUT2D eigenvalue weighted by molar-refractivity contribution is 5.91. The van der Waals surface area contributed by atoms with Gasteiger partial charge in [-0.2, -0.15) is 0 Å². The Kier molecular flexibility index (Phi) is 5.64. The molecular formula is C15H24N4O2. The molecule has 1 atom stereocenters. The maximum absolute atomic E-state index is 12.0. The molecule has 1 aliphatic heterocycles. The number of rotatable bonds is 5. The predicted molar refractivity (Wildman–Crippen MR) is 80.1 cm³/mol. The Bertz CT molecular complexity index is 461. The third kappa shape index (κ3) is 5.06. The molecule has 0 bridgehead atoms. The van der Waals surface area contributed by atoms with Crippen LogP contribution < -0.4 is 5.32 Å². The molecule has 2 rings (SSSR count). The van der Waals surface area contributed by atoms with Gasteiger partial charge in [-0.3, -0.25) is 14.7 Å². The van der Waals surface area contributed by atoms with Gasteiger partial charge in [0.15, 0.2) is 0 Å². The summed E-state index contributed by atoms with van der Waals surface area (Å²) in [6.07, 6.45) is 3.13. The third-order valence-corrected chi connectivity index (χ3v) is 3.35. The van der Waals surface area contributed by atoms with Gasteiger partial charge in [-0.25, -0.2) is 4.98 Å². The number of ether oxygens (including phenoxy) is 1. The fourth-order valence-electron chi connectivity index (χ4n) is 2.39. The molecule has 116 valence electrons. The first-order chi connectivity index (χ1) is 10.0. The number of carbonyl (C=O) groups is 1. The molecule has 1 aliphatic rings. The first-order valence-electron chi connectivity index (χ1n) is 7.45. The first kappa shape index (κ1) is 15.9. The maximum Gasteiger partial charge on any atom is 0.271 e. The molecule has 1 amide bonds. The molecule has 21 heavy (non-hydrogen) atoms. The lowest BCUT2D eigenvalue weighted by atomic mass is 10.2. The Morgan fingerprint density at radius 2 is 2.29 bits per heavy atom. The number of hydrogen-bond donors (Lipinski definition) is 1. The van der Waals surface area contributed by atoms with Crippen LogP contribution in [0.2, 0.25) is 0 Å². The Labute approximate surface area is 125 Å². The van der Waals surface area contributed by atoms with E-state index in [1.54, 1.807) is 6.20 Å². The first-order valence-corrected chi connectivity index (χ1v) is 7.45. The van der Waals surface area contributed by atoms with Crippen molar-refractivity contribution in [1.29, 1.82) is 0 Å². The minimum atomic E-state index is -0.202. The standard InChI is InChI=1S/C15H24N4O2/c1-11(2)9-19-4-5-21-13(10-19)7-18-15(20)14-8-16-12(3)6-17-14/h6,8,11,13H,4-5,7,9-10H2,1-3H3,(H,18,20). The van der Waals surface area contributed by atoms with E-state index in [0.717, 1.165) is 31.9 Å². The predicted octanol–water partition coefficient (Wildman–Crippen LogP) is 0.872. The van der Waals surface area contributed by atoms with E-state index in [4.69, 9.17) is 4.74 Å². The van der Waals surface area contributed by atoms with Gasteiger partial charge in [0.1, 0.15) is 5.69 Å². The van der Waals surface area contributed by atoms with Crippen molar-refractivity contribution in [2.75, 3.05) is 32.8 Å². The fourth-order valence-corrected chi connectivity index (χ4v) is 2.39. The van der Waals surface area contributed by atoms with Crippen LogP contribution in [0.4, 0.5) is 0 Å². The van der Waals surface area contributed by atoms with Gasteiger partial charge >= 0.3 is 0 Å². The van der Waals surface area contributed by atoms with Gasteiger partial charge in [-0.1, -0.05) is 13.8 Å². The summed E-state index contributed by atoms with van der Waals surface area (Å²) >= 11 is 0. The summed E-state index contributed by atoms with van der Waals surface area (Å²) in [5.41, 5.74) is 1.14. The number of carbonyl (C=O) groups excluding carboxylic acids is 1. The van der Waals surface area contributed by atoms with Crippen molar-refractivity contribution in [1.82, 2.24) is 20.2 Å². The second-order valence-electron chi connectivity index (χ2n) is 5.90. The Morgan fingerprint density at radius 1 is 1.48 bits per heavy atom. The zero-order valence-electron chi connectivity index (χ0n) is 13.0. The van der Waals surface area contributed by atoms with Crippen LogP contribution in [0.1, 0.15) is 30.0 Å². The quantitative estimate of drug-likeness (QED) is 0.872. The lowest BCUT2D eigenvalue weighted by Crippen LogP contribution is -2.48. The number of morpholine rings is 1. The molecule has 1 aromatic heterocycles. The van der Waals surface area contributed by atoms with Crippen LogP contribution >= 0.6 is 0 Å². The van der Waals surface area contributed by atoms with Crippen molar-refractivity contribution < 1.29 is 9.53 Å². The molecule has 0 aromatic carbocycles. The van der Waals surface area contributed by atoms with E-state index < -0.39 is 0 Å². The summed E-state index contributed by atoms with van der Waals surface area (Å²) in [7, 11) is 0. The summed E-state index contributed by atoms with van der Waals surface area (Å²) < 4.78 is 5.70. The van der Waals surface area contributed by atoms with Gasteiger partial charge in [-0.15, -0.1) is 0 Å². The molecular weight excluding hydrogens is 268 g/mol. The number of nitrogens with zero attached hydrogens (tertiary/aromatic N) is 3. The highest BCUT2D eigenvalue weighted by atomic mass is 16.5. The van der Waals surface area contributed by atoms with Gasteiger partial charge in [0, 0.05) is 32.4 Å². The second-order valence-corrected chi connectivity index (χ2v) is 5.90. The Morgan fingerprint density at radius 3 is 2.95 bits per heavy atom. The molecule has 1 fully saturated rings. The molecule has 0 aliphatic carbocycles. The summed E-state index contributed by atoms with van der Waals surface area (Å²) in [5.74, 6) is 0.438. The van der Waals surface area contributed by atoms with Crippen molar-refractivity contribution in [3.8, 4) is 0 Å². The average Bonchev–Trinajstić information content (AvgIpc) is 2.45. The van der Waals surface area contributed by atoms with Crippen molar-refractivity contribution in [3.63, 3.8) is 0 Å². The normalized spacial score (nSPS) is 19.7. The minimum absolute atomic E-state index is 0.0415. The van der Waals surface area contributed by atoms with E-state index in [9.17, 15) is 4.79 Å². The second kappa shape index (κ2) is 7.47. The summed E-state index contributed by atoms with van der Waals surface area (Å²) in [4.78, 5) is 22.5. The van der Waals surface area contributed by atoms with Gasteiger partial charge in [0.25, 0.3) is 5.91 Å². The number of hydrogen-bond acceptors (Lipinski definition) is 5. The summed E-state index contributed by atoms with van der Waals surface area (Å²) in [5, 5.41) is 2.87. The lowest BCUT2D eigenvalue weighted by Gasteiger charge is -2.33. The zero-order chi connectivity index (χ0) is 15.2. The zero-order valence-corrected chi connectivity index (χ0v) is 13.0. The summed E-state index contributed by atoms with van der Waals surface area (Å²) in [6, 6.07) is 0. The van der Waals surface area contributed by atoms with Crippen LogP contribution in [-0.2, 0) is 4.74 Å². The Balaban J connectivity index is 1.79. The number of amides is 1. The van der Waals surface area contributed by atoms with E-state index in [1.807, 2.05) is 6.92 Å². The van der Waals surface area contributed by atoms with Gasteiger partial charge in [0.2, 0.25) is 0 Å². The van der Waals surface area contributed by atoms with Crippen molar-refractivity contribution >= 4 is 5.91 Å². The van der Waals surface area contributed by atoms with Gasteiger partial charge < -0.3 is 10.1 Å². The van der Waals surface area contributed by atoms with E-state index >= 15 is 0 Å². The molecule has 6 nitrogen and oxygen atoms in total. The molecule has 6 heteroatoms. The van der Waals surface area contributed by atoms with E-state index in [0.29, 0.717) is 18.2 Å².